The van der Waals surface area contributed by atoms with Gasteiger partial charge < -0.3 is 4.90 Å². The number of thioether (sulfide) groups is 1. The fraction of sp³-hybridized carbons (Fsp3) is 0.167. The lowest BCUT2D eigenvalue weighted by Gasteiger charge is -2.30. The molecule has 2 heterocycles. The van der Waals surface area contributed by atoms with Crippen LogP contribution in [-0.2, 0) is 4.79 Å². The molecule has 158 valence electrons. The van der Waals surface area contributed by atoms with Crippen molar-refractivity contribution in [1.82, 2.24) is 4.90 Å². The molecule has 0 bridgehead atoms. The molecule has 2 aromatic carbocycles. The number of amidine groups is 1. The topological polar surface area (TPSA) is 35.9 Å². The van der Waals surface area contributed by atoms with E-state index >= 15 is 0 Å². The van der Waals surface area contributed by atoms with Crippen molar-refractivity contribution in [2.75, 3.05) is 18.0 Å². The molecule has 7 heteroatoms. The summed E-state index contributed by atoms with van der Waals surface area (Å²) < 4.78 is 0. The predicted molar refractivity (Wildman–Crippen MR) is 133 cm³/mol. The highest BCUT2D eigenvalue weighted by Crippen LogP contribution is 2.40. The van der Waals surface area contributed by atoms with Gasteiger partial charge in [0.05, 0.1) is 21.4 Å². The molecule has 1 fully saturated rings. The van der Waals surface area contributed by atoms with E-state index < -0.39 is 0 Å². The fourth-order valence-electron chi connectivity index (χ4n) is 3.58. The highest BCUT2D eigenvalue weighted by molar-refractivity contribution is 8.18. The Morgan fingerprint density at radius 2 is 1.90 bits per heavy atom. The van der Waals surface area contributed by atoms with Gasteiger partial charge in [-0.05, 0) is 67.6 Å². The lowest BCUT2D eigenvalue weighted by molar-refractivity contribution is -0.121. The van der Waals surface area contributed by atoms with Crippen LogP contribution in [0.15, 0.2) is 70.7 Å². The first-order valence-electron chi connectivity index (χ1n) is 9.87. The van der Waals surface area contributed by atoms with E-state index in [-0.39, 0.29) is 5.91 Å². The molecule has 1 saturated heterocycles. The predicted octanol–water partition coefficient (Wildman–Crippen LogP) is 6.82. The van der Waals surface area contributed by atoms with Crippen LogP contribution in [0, 0.1) is 6.92 Å². The normalized spacial score (nSPS) is 19.4. The molecule has 0 unspecified atom stereocenters. The second-order valence-electron chi connectivity index (χ2n) is 7.15. The lowest BCUT2D eigenvalue weighted by atomic mass is 10.0. The molecule has 0 aliphatic carbocycles. The van der Waals surface area contributed by atoms with Gasteiger partial charge in [-0.15, -0.1) is 6.58 Å². The van der Waals surface area contributed by atoms with Crippen molar-refractivity contribution in [1.29, 1.82) is 0 Å². The maximum Gasteiger partial charge on any atom is 0.269 e. The zero-order valence-electron chi connectivity index (χ0n) is 17.2. The molecule has 0 radical (unpaired) electrons. The SMILES string of the molecule is C=CCN1C(=O)/C(=C2/C=Cc3cc(C)ccc3N2CC)SC1=Nc1ccc(Cl)c(Cl)c1. The lowest BCUT2D eigenvalue weighted by Crippen LogP contribution is -2.31. The van der Waals surface area contributed by atoms with Gasteiger partial charge >= 0.3 is 0 Å². The minimum Gasteiger partial charge on any atom is -0.340 e. The van der Waals surface area contributed by atoms with Crippen molar-refractivity contribution in [3.05, 3.63) is 86.9 Å². The van der Waals surface area contributed by atoms with E-state index in [2.05, 4.69) is 54.6 Å². The number of likely N-dealkylation sites (N-methyl/N-ethyl adjacent to an activating group) is 1. The van der Waals surface area contributed by atoms with E-state index in [1.807, 2.05) is 6.08 Å². The third-order valence-electron chi connectivity index (χ3n) is 5.04. The summed E-state index contributed by atoms with van der Waals surface area (Å²) in [5.74, 6) is -0.0858. The van der Waals surface area contributed by atoms with Crippen LogP contribution in [0.4, 0.5) is 11.4 Å². The number of amides is 1. The van der Waals surface area contributed by atoms with Gasteiger partial charge in [-0.3, -0.25) is 9.69 Å². The average Bonchev–Trinajstić information content (AvgIpc) is 3.05. The quantitative estimate of drug-likeness (QED) is 0.364. The molecule has 2 aliphatic heterocycles. The third-order valence-corrected chi connectivity index (χ3v) is 6.86. The summed E-state index contributed by atoms with van der Waals surface area (Å²) in [4.78, 5) is 22.5. The van der Waals surface area contributed by atoms with Crippen LogP contribution in [0.1, 0.15) is 18.1 Å². The van der Waals surface area contributed by atoms with E-state index in [0.29, 0.717) is 32.4 Å². The van der Waals surface area contributed by atoms with Crippen molar-refractivity contribution < 1.29 is 4.79 Å². The van der Waals surface area contributed by atoms with Gasteiger partial charge in [0.25, 0.3) is 5.91 Å². The van der Waals surface area contributed by atoms with Crippen molar-refractivity contribution in [2.45, 2.75) is 13.8 Å². The van der Waals surface area contributed by atoms with Crippen LogP contribution in [-0.4, -0.2) is 29.1 Å². The molecule has 1 amide bonds. The number of benzene rings is 2. The van der Waals surface area contributed by atoms with Gasteiger partial charge in [-0.1, -0.05) is 47.0 Å². The maximum atomic E-state index is 13.4. The summed E-state index contributed by atoms with van der Waals surface area (Å²) in [6, 6.07) is 11.5. The van der Waals surface area contributed by atoms with E-state index in [0.717, 1.165) is 23.5 Å². The van der Waals surface area contributed by atoms with Gasteiger partial charge in [0, 0.05) is 18.8 Å². The van der Waals surface area contributed by atoms with Crippen LogP contribution in [0.25, 0.3) is 6.08 Å². The molecule has 0 N–H and O–H groups in total. The first-order valence-corrected chi connectivity index (χ1v) is 11.4. The summed E-state index contributed by atoms with van der Waals surface area (Å²) in [6.45, 7) is 9.07. The Morgan fingerprint density at radius 1 is 1.10 bits per heavy atom. The summed E-state index contributed by atoms with van der Waals surface area (Å²) in [5, 5.41) is 1.47. The van der Waals surface area contributed by atoms with Crippen molar-refractivity contribution in [3.8, 4) is 0 Å². The van der Waals surface area contributed by atoms with E-state index in [9.17, 15) is 4.79 Å². The molecule has 2 aromatic rings. The van der Waals surface area contributed by atoms with Crippen LogP contribution in [0.5, 0.6) is 0 Å². The first-order chi connectivity index (χ1) is 14.9. The first kappa shape index (κ1) is 21.8. The molecule has 0 spiro atoms. The monoisotopic (exact) mass is 469 g/mol. The Labute approximate surface area is 196 Å². The average molecular weight is 470 g/mol. The van der Waals surface area contributed by atoms with Gasteiger partial charge in [0.15, 0.2) is 5.17 Å². The molecule has 4 rings (SSSR count). The number of fused-ring (bicyclic) bond motifs is 1. The standard InChI is InChI=1S/C24H21Cl2N3OS/c1-4-12-29-23(30)22(31-24(29)27-17-8-9-18(25)19(26)14-17)21-11-7-16-13-15(3)6-10-20(16)28(21)5-2/h4,6-11,13-14H,1,5,12H2,2-3H3/b22-21+,27-24?. The highest BCUT2D eigenvalue weighted by Gasteiger charge is 2.36. The van der Waals surface area contributed by atoms with Crippen molar-refractivity contribution in [3.63, 3.8) is 0 Å². The molecule has 4 nitrogen and oxygen atoms in total. The zero-order chi connectivity index (χ0) is 22.1. The third kappa shape index (κ3) is 4.18. The van der Waals surface area contributed by atoms with Crippen molar-refractivity contribution in [2.24, 2.45) is 4.99 Å². The Kier molecular flexibility index (Phi) is 6.28. The number of nitrogens with zero attached hydrogens (tertiary/aromatic N) is 3. The molecule has 0 atom stereocenters. The Morgan fingerprint density at radius 3 is 2.61 bits per heavy atom. The van der Waals surface area contributed by atoms with Crippen LogP contribution in [0.2, 0.25) is 10.0 Å². The van der Waals surface area contributed by atoms with Gasteiger partial charge in [-0.25, -0.2) is 4.99 Å². The molecule has 0 saturated carbocycles. The van der Waals surface area contributed by atoms with Gasteiger partial charge in [0.2, 0.25) is 0 Å². The number of aryl methyl sites for hydroxylation is 1. The summed E-state index contributed by atoms with van der Waals surface area (Å²) in [7, 11) is 0. The molecule has 2 aliphatic rings. The second-order valence-corrected chi connectivity index (χ2v) is 8.95. The van der Waals surface area contributed by atoms with Crippen LogP contribution in [0.3, 0.4) is 0 Å². The maximum absolute atomic E-state index is 13.4. The number of anilines is 1. The number of hydrogen-bond acceptors (Lipinski definition) is 4. The number of allylic oxidation sites excluding steroid dienone is 1. The molecule has 0 aromatic heterocycles. The molecule has 31 heavy (non-hydrogen) atoms. The van der Waals surface area contributed by atoms with Crippen molar-refractivity contribution >= 4 is 63.5 Å². The fourth-order valence-corrected chi connectivity index (χ4v) is 4.95. The van der Waals surface area contributed by atoms with E-state index in [4.69, 9.17) is 23.2 Å². The number of carbonyl (C=O) groups excluding carboxylic acids is 1. The smallest absolute Gasteiger partial charge is 0.269 e. The largest absolute Gasteiger partial charge is 0.340 e. The Hall–Kier alpha value is -2.47. The van der Waals surface area contributed by atoms with Crippen LogP contribution < -0.4 is 4.90 Å². The number of rotatable bonds is 4. The second kappa shape index (κ2) is 8.95. The molecular weight excluding hydrogens is 449 g/mol. The zero-order valence-corrected chi connectivity index (χ0v) is 19.6. The number of aliphatic imine (C=N–C) groups is 1. The van der Waals surface area contributed by atoms with E-state index in [1.165, 1.54) is 17.3 Å². The number of carbonyl (C=O) groups is 1. The molecular formula is C24H21Cl2N3OS. The van der Waals surface area contributed by atoms with E-state index in [1.54, 1.807) is 29.2 Å². The van der Waals surface area contributed by atoms with Gasteiger partial charge in [-0.2, -0.15) is 0 Å². The Bertz CT molecular complexity index is 1170. The summed E-state index contributed by atoms with van der Waals surface area (Å²) >= 11 is 13.5. The minimum absolute atomic E-state index is 0.0858. The highest BCUT2D eigenvalue weighted by atomic mass is 35.5. The van der Waals surface area contributed by atoms with Gasteiger partial charge in [0.1, 0.15) is 4.91 Å². The number of halogens is 2. The minimum atomic E-state index is -0.0858. The summed E-state index contributed by atoms with van der Waals surface area (Å²) in [6.07, 6.45) is 5.78. The van der Waals surface area contributed by atoms with Crippen LogP contribution >= 0.6 is 35.0 Å². The Balaban J connectivity index is 1.78. The number of hydrogen-bond donors (Lipinski definition) is 0. The summed E-state index contributed by atoms with van der Waals surface area (Å²) in [5.41, 5.74) is 4.96.